The van der Waals surface area contributed by atoms with Gasteiger partial charge in [0.2, 0.25) is 11.8 Å². The van der Waals surface area contributed by atoms with Crippen molar-refractivity contribution in [3.63, 3.8) is 0 Å². The molecule has 0 atom stereocenters. The standard InChI is InChI=1S/C19H22I2N4O4/c20-16-10-8-14(28-16)12-22-24-18(26)6-4-2-1-3-5-7-19(27)25-23-13-15-9-11-17(21)29-15/h8-13H,1-7H2,(H,24,26)(H,25,27). The molecule has 0 unspecified atom stereocenters. The molecule has 10 heteroatoms. The number of unbranched alkanes of at least 4 members (excludes halogenated alkanes) is 4. The predicted octanol–water partition coefficient (Wildman–Crippen LogP) is 4.41. The van der Waals surface area contributed by atoms with Gasteiger partial charge in [0.1, 0.15) is 11.5 Å². The number of nitrogens with one attached hydrogen (secondary N) is 2. The van der Waals surface area contributed by atoms with E-state index in [9.17, 15) is 9.59 Å². The third kappa shape index (κ3) is 10.6. The third-order valence-electron chi connectivity index (χ3n) is 3.76. The van der Waals surface area contributed by atoms with Crippen LogP contribution in [-0.2, 0) is 9.59 Å². The van der Waals surface area contributed by atoms with Crippen LogP contribution in [0.15, 0.2) is 43.3 Å². The summed E-state index contributed by atoms with van der Waals surface area (Å²) in [5.74, 6) is 0.956. The van der Waals surface area contributed by atoms with Gasteiger partial charge in [-0.25, -0.2) is 10.9 Å². The molecule has 0 saturated carbocycles. The normalized spacial score (nSPS) is 11.4. The summed E-state index contributed by atoms with van der Waals surface area (Å²) in [5.41, 5.74) is 4.97. The fourth-order valence-electron chi connectivity index (χ4n) is 2.34. The van der Waals surface area contributed by atoms with Crippen molar-refractivity contribution >= 4 is 69.4 Å². The molecule has 0 aliphatic heterocycles. The lowest BCUT2D eigenvalue weighted by Crippen LogP contribution is -2.17. The summed E-state index contributed by atoms with van der Waals surface area (Å²) >= 11 is 4.12. The number of carbonyl (C=O) groups excluding carboxylic acids is 2. The van der Waals surface area contributed by atoms with Gasteiger partial charge in [-0.15, -0.1) is 0 Å². The van der Waals surface area contributed by atoms with E-state index in [2.05, 4.69) is 66.2 Å². The van der Waals surface area contributed by atoms with E-state index in [0.29, 0.717) is 24.4 Å². The lowest BCUT2D eigenvalue weighted by molar-refractivity contribution is -0.121. The quantitative estimate of drug-likeness (QED) is 0.158. The Balaban J connectivity index is 1.44. The van der Waals surface area contributed by atoms with E-state index in [1.54, 1.807) is 12.1 Å². The van der Waals surface area contributed by atoms with Gasteiger partial charge in [-0.05, 0) is 82.3 Å². The molecular weight excluding hydrogens is 602 g/mol. The molecule has 8 nitrogen and oxygen atoms in total. The van der Waals surface area contributed by atoms with Gasteiger partial charge in [-0.3, -0.25) is 9.59 Å². The maximum absolute atomic E-state index is 11.7. The second-order valence-corrected chi connectivity index (χ2v) is 8.26. The Labute approximate surface area is 196 Å². The van der Waals surface area contributed by atoms with Crippen LogP contribution in [0, 0.1) is 7.53 Å². The summed E-state index contributed by atoms with van der Waals surface area (Å²) in [4.78, 5) is 23.4. The molecule has 2 heterocycles. The summed E-state index contributed by atoms with van der Waals surface area (Å²) in [6, 6.07) is 7.21. The number of nitrogens with zero attached hydrogens (tertiary/aromatic N) is 2. The molecule has 2 rings (SSSR count). The van der Waals surface area contributed by atoms with Gasteiger partial charge in [0, 0.05) is 12.8 Å². The number of carbonyl (C=O) groups is 2. The Morgan fingerprint density at radius 2 is 1.17 bits per heavy atom. The second-order valence-electron chi connectivity index (χ2n) is 6.14. The van der Waals surface area contributed by atoms with Crippen LogP contribution < -0.4 is 10.9 Å². The average molecular weight is 624 g/mol. The summed E-state index contributed by atoms with van der Waals surface area (Å²) in [6.45, 7) is 0. The van der Waals surface area contributed by atoms with E-state index in [0.717, 1.165) is 39.6 Å². The highest BCUT2D eigenvalue weighted by atomic mass is 127. The van der Waals surface area contributed by atoms with Gasteiger partial charge in [0.25, 0.3) is 0 Å². The highest BCUT2D eigenvalue weighted by molar-refractivity contribution is 14.1. The van der Waals surface area contributed by atoms with Crippen LogP contribution in [-0.4, -0.2) is 24.2 Å². The van der Waals surface area contributed by atoms with E-state index in [1.807, 2.05) is 12.1 Å². The average Bonchev–Trinajstić information content (AvgIpc) is 3.29. The number of furan rings is 2. The number of hydrogen-bond acceptors (Lipinski definition) is 6. The highest BCUT2D eigenvalue weighted by Crippen LogP contribution is 2.09. The molecular formula is C19H22I2N4O4. The lowest BCUT2D eigenvalue weighted by atomic mass is 10.1. The lowest BCUT2D eigenvalue weighted by Gasteiger charge is -2.02. The molecule has 0 spiro atoms. The second kappa shape index (κ2) is 13.5. The fourth-order valence-corrected chi connectivity index (χ4v) is 3.21. The van der Waals surface area contributed by atoms with Crippen LogP contribution in [0.1, 0.15) is 56.5 Å². The van der Waals surface area contributed by atoms with Gasteiger partial charge < -0.3 is 8.83 Å². The molecule has 156 valence electrons. The molecule has 0 aliphatic rings. The molecule has 2 amide bonds. The third-order valence-corrected chi connectivity index (χ3v) is 4.92. The first-order valence-electron chi connectivity index (χ1n) is 9.17. The smallest absolute Gasteiger partial charge is 0.240 e. The van der Waals surface area contributed by atoms with Gasteiger partial charge >= 0.3 is 0 Å². The Morgan fingerprint density at radius 1 is 0.759 bits per heavy atom. The van der Waals surface area contributed by atoms with Gasteiger partial charge in [0.05, 0.1) is 12.4 Å². The van der Waals surface area contributed by atoms with Crippen molar-refractivity contribution < 1.29 is 18.4 Å². The zero-order chi connectivity index (χ0) is 20.9. The number of hydrogen-bond donors (Lipinski definition) is 2. The van der Waals surface area contributed by atoms with E-state index in [4.69, 9.17) is 8.83 Å². The van der Waals surface area contributed by atoms with Crippen molar-refractivity contribution in [2.24, 2.45) is 10.2 Å². The van der Waals surface area contributed by atoms with Crippen LogP contribution in [0.5, 0.6) is 0 Å². The summed E-state index contributed by atoms with van der Waals surface area (Å²) in [5, 5.41) is 7.73. The number of hydrazone groups is 2. The van der Waals surface area contributed by atoms with E-state index >= 15 is 0 Å². The largest absolute Gasteiger partial charge is 0.449 e. The zero-order valence-corrected chi connectivity index (χ0v) is 20.0. The Bertz CT molecular complexity index is 777. The minimum atomic E-state index is -0.119. The first kappa shape index (κ1) is 23.6. The summed E-state index contributed by atoms with van der Waals surface area (Å²) in [6.07, 6.45) is 8.23. The Kier molecular flexibility index (Phi) is 11.0. The number of rotatable bonds is 12. The van der Waals surface area contributed by atoms with E-state index in [-0.39, 0.29) is 11.8 Å². The molecule has 0 bridgehead atoms. The molecule has 2 aromatic rings. The molecule has 2 aromatic heterocycles. The molecule has 0 aromatic carbocycles. The van der Waals surface area contributed by atoms with E-state index in [1.165, 1.54) is 12.4 Å². The van der Waals surface area contributed by atoms with E-state index < -0.39 is 0 Å². The monoisotopic (exact) mass is 624 g/mol. The Morgan fingerprint density at radius 3 is 1.55 bits per heavy atom. The van der Waals surface area contributed by atoms with Gasteiger partial charge in [-0.2, -0.15) is 10.2 Å². The minimum Gasteiger partial charge on any atom is -0.449 e. The van der Waals surface area contributed by atoms with Crippen LogP contribution in [0.3, 0.4) is 0 Å². The fraction of sp³-hybridized carbons (Fsp3) is 0.368. The van der Waals surface area contributed by atoms with Crippen LogP contribution in [0.4, 0.5) is 0 Å². The number of amides is 2. The summed E-state index contributed by atoms with van der Waals surface area (Å²) in [7, 11) is 0. The zero-order valence-electron chi connectivity index (χ0n) is 15.7. The maximum atomic E-state index is 11.7. The van der Waals surface area contributed by atoms with Crippen molar-refractivity contribution in [1.29, 1.82) is 0 Å². The van der Waals surface area contributed by atoms with Gasteiger partial charge in [0.15, 0.2) is 7.53 Å². The molecule has 0 saturated heterocycles. The first-order chi connectivity index (χ1) is 14.0. The SMILES string of the molecule is O=C(CCCCCCCC(=O)NN=Cc1ccc(I)o1)NN=Cc1ccc(I)o1. The van der Waals surface area contributed by atoms with Crippen LogP contribution in [0.2, 0.25) is 0 Å². The maximum Gasteiger partial charge on any atom is 0.240 e. The topological polar surface area (TPSA) is 109 Å². The first-order valence-corrected chi connectivity index (χ1v) is 11.3. The molecule has 0 fully saturated rings. The van der Waals surface area contributed by atoms with Crippen molar-refractivity contribution in [2.75, 3.05) is 0 Å². The highest BCUT2D eigenvalue weighted by Gasteiger charge is 2.02. The predicted molar refractivity (Wildman–Crippen MR) is 127 cm³/mol. The van der Waals surface area contributed by atoms with Gasteiger partial charge in [-0.1, -0.05) is 19.3 Å². The summed E-state index contributed by atoms with van der Waals surface area (Å²) < 4.78 is 12.1. The molecule has 2 N–H and O–H groups in total. The molecule has 0 radical (unpaired) electrons. The van der Waals surface area contributed by atoms with Crippen LogP contribution in [0.25, 0.3) is 0 Å². The minimum absolute atomic E-state index is 0.119. The van der Waals surface area contributed by atoms with Crippen molar-refractivity contribution in [3.05, 3.63) is 43.3 Å². The van der Waals surface area contributed by atoms with Crippen molar-refractivity contribution in [2.45, 2.75) is 44.9 Å². The molecule has 29 heavy (non-hydrogen) atoms. The van der Waals surface area contributed by atoms with Crippen molar-refractivity contribution in [3.8, 4) is 0 Å². The molecule has 0 aliphatic carbocycles. The number of halogens is 2. The van der Waals surface area contributed by atoms with Crippen molar-refractivity contribution in [1.82, 2.24) is 10.9 Å². The van der Waals surface area contributed by atoms with Crippen LogP contribution >= 0.6 is 45.2 Å². The Hall–Kier alpha value is -1.70.